The van der Waals surface area contributed by atoms with Crippen LogP contribution in [-0.2, 0) is 4.79 Å². The molecule has 24 heavy (non-hydrogen) atoms. The quantitative estimate of drug-likeness (QED) is 0.869. The maximum Gasteiger partial charge on any atom is 0.225 e. The molecular formula is C19H20FN3O. The van der Waals surface area contributed by atoms with Crippen LogP contribution < -0.4 is 0 Å². The molecule has 1 atom stereocenters. The molecule has 0 N–H and O–H groups in total. The Kier molecular flexibility index (Phi) is 4.00. The number of rotatable bonds is 3. The van der Waals surface area contributed by atoms with Gasteiger partial charge in [0.25, 0.3) is 0 Å². The SMILES string of the molecule is O=C(C1CC1)N1CCCC(c2ccnc(-c3ccc(F)cc3)n2)C1. The third-order valence-electron chi connectivity index (χ3n) is 4.86. The summed E-state index contributed by atoms with van der Waals surface area (Å²) in [6.07, 6.45) is 5.89. The fourth-order valence-corrected chi connectivity index (χ4v) is 3.35. The molecule has 1 aromatic heterocycles. The number of halogens is 1. The molecule has 1 aliphatic carbocycles. The molecule has 2 heterocycles. The van der Waals surface area contributed by atoms with E-state index in [2.05, 4.69) is 9.97 Å². The van der Waals surface area contributed by atoms with Gasteiger partial charge in [-0.1, -0.05) is 0 Å². The van der Waals surface area contributed by atoms with Crippen LogP contribution in [0.25, 0.3) is 11.4 Å². The molecule has 1 aromatic carbocycles. The predicted octanol–water partition coefficient (Wildman–Crippen LogP) is 3.40. The molecule has 2 aromatic rings. The van der Waals surface area contributed by atoms with Gasteiger partial charge in [0.15, 0.2) is 5.82 Å². The van der Waals surface area contributed by atoms with Gasteiger partial charge >= 0.3 is 0 Å². The van der Waals surface area contributed by atoms with Crippen LogP contribution in [0.15, 0.2) is 36.5 Å². The highest BCUT2D eigenvalue weighted by Gasteiger charge is 2.35. The zero-order valence-corrected chi connectivity index (χ0v) is 13.5. The first-order chi connectivity index (χ1) is 11.7. The van der Waals surface area contributed by atoms with Crippen LogP contribution in [0.2, 0.25) is 0 Å². The number of aromatic nitrogens is 2. The van der Waals surface area contributed by atoms with Crippen molar-refractivity contribution in [2.75, 3.05) is 13.1 Å². The number of nitrogens with zero attached hydrogens (tertiary/aromatic N) is 3. The van der Waals surface area contributed by atoms with Gasteiger partial charge in [-0.15, -0.1) is 0 Å². The molecule has 4 rings (SSSR count). The van der Waals surface area contributed by atoms with Gasteiger partial charge in [-0.05, 0) is 56.0 Å². The first kappa shape index (κ1) is 15.2. The molecule has 2 aliphatic rings. The number of amides is 1. The molecule has 124 valence electrons. The highest BCUT2D eigenvalue weighted by molar-refractivity contribution is 5.81. The van der Waals surface area contributed by atoms with E-state index in [-0.39, 0.29) is 17.7 Å². The molecule has 2 fully saturated rings. The van der Waals surface area contributed by atoms with Crippen molar-refractivity contribution < 1.29 is 9.18 Å². The second-order valence-electron chi connectivity index (χ2n) is 6.71. The van der Waals surface area contributed by atoms with E-state index in [0.717, 1.165) is 50.0 Å². The molecule has 1 saturated carbocycles. The molecule has 1 aliphatic heterocycles. The van der Waals surface area contributed by atoms with Crippen LogP contribution in [0, 0.1) is 11.7 Å². The summed E-state index contributed by atoms with van der Waals surface area (Å²) in [6, 6.07) is 8.16. The van der Waals surface area contributed by atoms with Crippen molar-refractivity contribution in [2.45, 2.75) is 31.6 Å². The van der Waals surface area contributed by atoms with E-state index in [0.29, 0.717) is 11.7 Å². The number of hydrogen-bond donors (Lipinski definition) is 0. The first-order valence-corrected chi connectivity index (χ1v) is 8.58. The second kappa shape index (κ2) is 6.30. The molecule has 0 bridgehead atoms. The third kappa shape index (κ3) is 3.16. The fourth-order valence-electron chi connectivity index (χ4n) is 3.35. The highest BCUT2D eigenvalue weighted by atomic mass is 19.1. The summed E-state index contributed by atoms with van der Waals surface area (Å²) in [7, 11) is 0. The van der Waals surface area contributed by atoms with Gasteiger partial charge in [-0.25, -0.2) is 14.4 Å². The number of carbonyl (C=O) groups excluding carboxylic acids is 1. The highest BCUT2D eigenvalue weighted by Crippen LogP contribution is 2.34. The van der Waals surface area contributed by atoms with Crippen LogP contribution in [0.5, 0.6) is 0 Å². The lowest BCUT2D eigenvalue weighted by atomic mass is 9.94. The number of carbonyl (C=O) groups is 1. The summed E-state index contributed by atoms with van der Waals surface area (Å²) in [5.41, 5.74) is 1.78. The Morgan fingerprint density at radius 1 is 1.12 bits per heavy atom. The summed E-state index contributed by atoms with van der Waals surface area (Å²) < 4.78 is 13.1. The van der Waals surface area contributed by atoms with Crippen LogP contribution in [0.3, 0.4) is 0 Å². The minimum atomic E-state index is -0.267. The Balaban J connectivity index is 1.54. The summed E-state index contributed by atoms with van der Waals surface area (Å²) >= 11 is 0. The van der Waals surface area contributed by atoms with E-state index in [1.807, 2.05) is 11.0 Å². The van der Waals surface area contributed by atoms with Crippen LogP contribution in [0.1, 0.15) is 37.3 Å². The zero-order valence-electron chi connectivity index (χ0n) is 13.5. The molecule has 0 radical (unpaired) electrons. The summed E-state index contributed by atoms with van der Waals surface area (Å²) in [4.78, 5) is 23.3. The number of likely N-dealkylation sites (tertiary alicyclic amines) is 1. The van der Waals surface area contributed by atoms with E-state index in [9.17, 15) is 9.18 Å². The van der Waals surface area contributed by atoms with Gasteiger partial charge in [-0.3, -0.25) is 4.79 Å². The Morgan fingerprint density at radius 3 is 2.67 bits per heavy atom. The van der Waals surface area contributed by atoms with Crippen molar-refractivity contribution in [3.63, 3.8) is 0 Å². The molecule has 4 nitrogen and oxygen atoms in total. The first-order valence-electron chi connectivity index (χ1n) is 8.58. The second-order valence-corrected chi connectivity index (χ2v) is 6.71. The number of piperidine rings is 1. The van der Waals surface area contributed by atoms with Crippen molar-refractivity contribution in [1.29, 1.82) is 0 Å². The Bertz CT molecular complexity index is 743. The average Bonchev–Trinajstić information content (AvgIpc) is 3.47. The maximum absolute atomic E-state index is 13.1. The van der Waals surface area contributed by atoms with Crippen molar-refractivity contribution in [1.82, 2.24) is 14.9 Å². The fraction of sp³-hybridized carbons (Fsp3) is 0.421. The Morgan fingerprint density at radius 2 is 1.92 bits per heavy atom. The van der Waals surface area contributed by atoms with Gasteiger partial charge in [0.1, 0.15) is 5.82 Å². The minimum Gasteiger partial charge on any atom is -0.342 e. The van der Waals surface area contributed by atoms with Crippen LogP contribution in [0.4, 0.5) is 4.39 Å². The van der Waals surface area contributed by atoms with Gasteiger partial charge in [0, 0.05) is 42.4 Å². The maximum atomic E-state index is 13.1. The van der Waals surface area contributed by atoms with E-state index in [1.54, 1.807) is 18.3 Å². The van der Waals surface area contributed by atoms with Gasteiger partial charge in [0.05, 0.1) is 0 Å². The normalized spacial score (nSPS) is 20.9. The van der Waals surface area contributed by atoms with Crippen molar-refractivity contribution >= 4 is 5.91 Å². The van der Waals surface area contributed by atoms with Crippen LogP contribution >= 0.6 is 0 Å². The lowest BCUT2D eigenvalue weighted by Gasteiger charge is -2.32. The third-order valence-corrected chi connectivity index (χ3v) is 4.86. The largest absolute Gasteiger partial charge is 0.342 e. The summed E-state index contributed by atoms with van der Waals surface area (Å²) in [5, 5.41) is 0. The monoisotopic (exact) mass is 325 g/mol. The average molecular weight is 325 g/mol. The molecular weight excluding hydrogens is 305 g/mol. The van der Waals surface area contributed by atoms with Crippen molar-refractivity contribution in [3.8, 4) is 11.4 Å². The lowest BCUT2D eigenvalue weighted by molar-refractivity contribution is -0.133. The van der Waals surface area contributed by atoms with Gasteiger partial charge in [-0.2, -0.15) is 0 Å². The van der Waals surface area contributed by atoms with E-state index >= 15 is 0 Å². The van der Waals surface area contributed by atoms with E-state index < -0.39 is 0 Å². The minimum absolute atomic E-state index is 0.253. The van der Waals surface area contributed by atoms with Gasteiger partial charge < -0.3 is 4.90 Å². The smallest absolute Gasteiger partial charge is 0.225 e. The molecule has 1 amide bonds. The zero-order chi connectivity index (χ0) is 16.5. The lowest BCUT2D eigenvalue weighted by Crippen LogP contribution is -2.40. The predicted molar refractivity (Wildman–Crippen MR) is 88.7 cm³/mol. The van der Waals surface area contributed by atoms with Gasteiger partial charge in [0.2, 0.25) is 5.91 Å². The van der Waals surface area contributed by atoms with Crippen LogP contribution in [-0.4, -0.2) is 33.9 Å². The molecule has 1 unspecified atom stereocenters. The Labute approximate surface area is 140 Å². The number of benzene rings is 1. The topological polar surface area (TPSA) is 46.1 Å². The van der Waals surface area contributed by atoms with Crippen molar-refractivity contribution in [3.05, 3.63) is 48.0 Å². The summed E-state index contributed by atoms with van der Waals surface area (Å²) in [6.45, 7) is 1.61. The van der Waals surface area contributed by atoms with E-state index in [1.165, 1.54) is 12.1 Å². The Hall–Kier alpha value is -2.30. The molecule has 0 spiro atoms. The standard InChI is InChI=1S/C19H20FN3O/c20-16-7-5-13(6-8-16)18-21-10-9-17(22-18)15-2-1-11-23(12-15)19(24)14-3-4-14/h5-10,14-15H,1-4,11-12H2. The van der Waals surface area contributed by atoms with Crippen molar-refractivity contribution in [2.24, 2.45) is 5.92 Å². The van der Waals surface area contributed by atoms with E-state index in [4.69, 9.17) is 0 Å². The molecule has 5 heteroatoms. The summed E-state index contributed by atoms with van der Waals surface area (Å²) in [5.74, 6) is 1.18. The number of hydrogen-bond acceptors (Lipinski definition) is 3. The molecule has 1 saturated heterocycles.